The highest BCUT2D eigenvalue weighted by atomic mass is 32.2. The largest absolute Gasteiger partial charge is 0.269 e. The number of benzene rings is 2. The summed E-state index contributed by atoms with van der Waals surface area (Å²) in [5, 5.41) is 23.4. The summed E-state index contributed by atoms with van der Waals surface area (Å²) in [7, 11) is 0. The topological polar surface area (TPSA) is 86.7 Å². The molecule has 2 aromatic carbocycles. The lowest BCUT2D eigenvalue weighted by atomic mass is 10.1. The number of hydrogen-bond donors (Lipinski definition) is 0. The molecule has 0 amide bonds. The van der Waals surface area contributed by atoms with Crippen LogP contribution in [0, 0.1) is 10.1 Å². The Labute approximate surface area is 142 Å². The highest BCUT2D eigenvalue weighted by Gasteiger charge is 2.16. The molecule has 1 aromatic heterocycles. The Morgan fingerprint density at radius 1 is 1.21 bits per heavy atom. The van der Waals surface area contributed by atoms with E-state index >= 15 is 0 Å². The van der Waals surface area contributed by atoms with Crippen molar-refractivity contribution < 1.29 is 4.92 Å². The lowest BCUT2D eigenvalue weighted by Crippen LogP contribution is -2.04. The Hall–Kier alpha value is -2.74. The quantitative estimate of drug-likeness (QED) is 0.387. The molecule has 3 rings (SSSR count). The Morgan fingerprint density at radius 2 is 2.00 bits per heavy atom. The average Bonchev–Trinajstić information content (AvgIpc) is 3.02. The second kappa shape index (κ2) is 7.22. The van der Waals surface area contributed by atoms with Gasteiger partial charge in [-0.25, -0.2) is 4.68 Å². The molecule has 8 heteroatoms. The van der Waals surface area contributed by atoms with Gasteiger partial charge < -0.3 is 0 Å². The second-order valence-corrected chi connectivity index (χ2v) is 6.52. The number of hydrogen-bond acceptors (Lipinski definition) is 6. The van der Waals surface area contributed by atoms with Crippen molar-refractivity contribution in [3.05, 3.63) is 75.8 Å². The van der Waals surface area contributed by atoms with Crippen LogP contribution in [0.5, 0.6) is 0 Å². The van der Waals surface area contributed by atoms with E-state index in [1.807, 2.05) is 43.3 Å². The number of nitro groups is 1. The molecule has 0 fully saturated rings. The predicted molar refractivity (Wildman–Crippen MR) is 90.7 cm³/mol. The highest BCUT2D eigenvalue weighted by Crippen LogP contribution is 2.34. The van der Waals surface area contributed by atoms with Crippen LogP contribution in [0.1, 0.15) is 23.3 Å². The number of non-ortho nitro benzene ring substituents is 1. The van der Waals surface area contributed by atoms with Gasteiger partial charge in [0.2, 0.25) is 5.16 Å². The summed E-state index contributed by atoms with van der Waals surface area (Å²) in [5.41, 5.74) is 2.06. The molecule has 122 valence electrons. The standard InChI is InChI=1S/C16H15N5O2S/c1-12(14-8-5-9-15(10-14)21(22)23)24-16-17-18-19-20(16)11-13-6-3-2-4-7-13/h2-10,12H,11H2,1H3. The van der Waals surface area contributed by atoms with E-state index in [1.165, 1.54) is 17.8 Å². The minimum Gasteiger partial charge on any atom is -0.258 e. The molecular weight excluding hydrogens is 326 g/mol. The third kappa shape index (κ3) is 3.77. The third-order valence-electron chi connectivity index (χ3n) is 3.51. The van der Waals surface area contributed by atoms with Crippen molar-refractivity contribution in [1.82, 2.24) is 20.2 Å². The first-order valence-electron chi connectivity index (χ1n) is 7.34. The van der Waals surface area contributed by atoms with Crippen LogP contribution >= 0.6 is 11.8 Å². The van der Waals surface area contributed by atoms with Gasteiger partial charge in [-0.2, -0.15) is 0 Å². The van der Waals surface area contributed by atoms with Crippen LogP contribution in [0.4, 0.5) is 5.69 Å². The number of aromatic nitrogens is 4. The summed E-state index contributed by atoms with van der Waals surface area (Å²) in [6, 6.07) is 16.6. The van der Waals surface area contributed by atoms with Gasteiger partial charge in [0.15, 0.2) is 0 Å². The van der Waals surface area contributed by atoms with E-state index < -0.39 is 0 Å². The van der Waals surface area contributed by atoms with Crippen molar-refractivity contribution >= 4 is 17.4 Å². The zero-order valence-corrected chi connectivity index (χ0v) is 13.8. The lowest BCUT2D eigenvalue weighted by Gasteiger charge is -2.11. The summed E-state index contributed by atoms with van der Waals surface area (Å²) in [5.74, 6) is 0. The smallest absolute Gasteiger partial charge is 0.258 e. The van der Waals surface area contributed by atoms with Crippen LogP contribution in [0.2, 0.25) is 0 Å². The molecule has 1 unspecified atom stereocenters. The van der Waals surface area contributed by atoms with E-state index in [0.717, 1.165) is 11.1 Å². The molecule has 0 radical (unpaired) electrons. The Bertz CT molecular complexity index is 837. The van der Waals surface area contributed by atoms with Crippen molar-refractivity contribution in [3.63, 3.8) is 0 Å². The molecule has 0 saturated carbocycles. The maximum atomic E-state index is 10.9. The molecule has 1 heterocycles. The molecule has 1 atom stereocenters. The molecule has 0 saturated heterocycles. The average molecular weight is 341 g/mol. The normalized spacial score (nSPS) is 12.0. The van der Waals surface area contributed by atoms with Crippen LogP contribution in [-0.4, -0.2) is 25.1 Å². The molecule has 0 N–H and O–H groups in total. The van der Waals surface area contributed by atoms with Gasteiger partial charge in [0.25, 0.3) is 5.69 Å². The van der Waals surface area contributed by atoms with Gasteiger partial charge in [0.1, 0.15) is 0 Å². The Balaban J connectivity index is 1.76. The number of rotatable bonds is 6. The monoisotopic (exact) mass is 341 g/mol. The minimum absolute atomic E-state index is 0.00887. The fraction of sp³-hybridized carbons (Fsp3) is 0.188. The van der Waals surface area contributed by atoms with E-state index in [1.54, 1.807) is 16.8 Å². The second-order valence-electron chi connectivity index (χ2n) is 5.22. The van der Waals surface area contributed by atoms with E-state index in [4.69, 9.17) is 0 Å². The molecule has 0 aliphatic heterocycles. The SMILES string of the molecule is CC(Sc1nnnn1Cc1ccccc1)c1cccc([N+](=O)[O-])c1. The van der Waals surface area contributed by atoms with E-state index in [-0.39, 0.29) is 15.9 Å². The molecular formula is C16H15N5O2S. The lowest BCUT2D eigenvalue weighted by molar-refractivity contribution is -0.384. The minimum atomic E-state index is -0.389. The van der Waals surface area contributed by atoms with Gasteiger partial charge in [-0.15, -0.1) is 5.10 Å². The number of thioether (sulfide) groups is 1. The molecule has 0 aliphatic rings. The van der Waals surface area contributed by atoms with Crippen LogP contribution in [-0.2, 0) is 6.54 Å². The first-order chi connectivity index (χ1) is 11.6. The van der Waals surface area contributed by atoms with Gasteiger partial charge in [0, 0.05) is 17.4 Å². The Morgan fingerprint density at radius 3 is 2.75 bits per heavy atom. The highest BCUT2D eigenvalue weighted by molar-refractivity contribution is 7.99. The van der Waals surface area contributed by atoms with Crippen LogP contribution in [0.25, 0.3) is 0 Å². The van der Waals surface area contributed by atoms with E-state index in [2.05, 4.69) is 15.5 Å². The van der Waals surface area contributed by atoms with Crippen LogP contribution in [0.3, 0.4) is 0 Å². The molecule has 24 heavy (non-hydrogen) atoms. The molecule has 0 bridgehead atoms. The zero-order chi connectivity index (χ0) is 16.9. The molecule has 7 nitrogen and oxygen atoms in total. The Kier molecular flexibility index (Phi) is 4.85. The maximum Gasteiger partial charge on any atom is 0.269 e. The van der Waals surface area contributed by atoms with Crippen LogP contribution < -0.4 is 0 Å². The first-order valence-corrected chi connectivity index (χ1v) is 8.22. The van der Waals surface area contributed by atoms with Crippen molar-refractivity contribution in [2.24, 2.45) is 0 Å². The maximum absolute atomic E-state index is 10.9. The van der Waals surface area contributed by atoms with Gasteiger partial charge in [-0.05, 0) is 28.5 Å². The number of nitrogens with zero attached hydrogens (tertiary/aromatic N) is 5. The molecule has 0 aliphatic carbocycles. The van der Waals surface area contributed by atoms with Gasteiger partial charge in [-0.3, -0.25) is 10.1 Å². The molecule has 3 aromatic rings. The van der Waals surface area contributed by atoms with Gasteiger partial charge in [0.05, 0.1) is 11.5 Å². The van der Waals surface area contributed by atoms with Crippen molar-refractivity contribution in [1.29, 1.82) is 0 Å². The molecule has 0 spiro atoms. The van der Waals surface area contributed by atoms with Crippen molar-refractivity contribution in [3.8, 4) is 0 Å². The zero-order valence-electron chi connectivity index (χ0n) is 12.9. The summed E-state index contributed by atoms with van der Waals surface area (Å²) >= 11 is 1.47. The van der Waals surface area contributed by atoms with Gasteiger partial charge >= 0.3 is 0 Å². The van der Waals surface area contributed by atoms with Crippen molar-refractivity contribution in [2.45, 2.75) is 23.9 Å². The summed E-state index contributed by atoms with van der Waals surface area (Å²) in [6.07, 6.45) is 0. The van der Waals surface area contributed by atoms with E-state index in [9.17, 15) is 10.1 Å². The number of nitro benzene ring substituents is 1. The fourth-order valence-corrected chi connectivity index (χ4v) is 3.16. The summed E-state index contributed by atoms with van der Waals surface area (Å²) in [4.78, 5) is 10.5. The first kappa shape index (κ1) is 16.1. The van der Waals surface area contributed by atoms with Gasteiger partial charge in [-0.1, -0.05) is 54.2 Å². The van der Waals surface area contributed by atoms with E-state index in [0.29, 0.717) is 11.7 Å². The predicted octanol–water partition coefficient (Wildman–Crippen LogP) is 3.48. The summed E-state index contributed by atoms with van der Waals surface area (Å²) < 4.78 is 1.73. The van der Waals surface area contributed by atoms with Crippen LogP contribution in [0.15, 0.2) is 59.8 Å². The third-order valence-corrected chi connectivity index (χ3v) is 4.64. The van der Waals surface area contributed by atoms with Crippen molar-refractivity contribution in [2.75, 3.05) is 0 Å². The summed E-state index contributed by atoms with van der Waals surface area (Å²) in [6.45, 7) is 2.56. The number of tetrazole rings is 1. The fourth-order valence-electron chi connectivity index (χ4n) is 2.25.